The lowest BCUT2D eigenvalue weighted by Gasteiger charge is -2.31. The molecule has 1 saturated carbocycles. The average Bonchev–Trinajstić information content (AvgIpc) is 2.51. The maximum atomic E-state index is 12.3. The molecule has 3 amide bonds. The maximum absolute atomic E-state index is 12.3. The molecule has 3 N–H and O–H groups in total. The topological polar surface area (TPSA) is 75.4 Å². The summed E-state index contributed by atoms with van der Waals surface area (Å²) in [6, 6.07) is -0.487. The van der Waals surface area contributed by atoms with Crippen molar-refractivity contribution >= 4 is 11.9 Å². The van der Waals surface area contributed by atoms with Gasteiger partial charge in [-0.2, -0.15) is 0 Å². The summed E-state index contributed by atoms with van der Waals surface area (Å²) >= 11 is 0. The summed E-state index contributed by atoms with van der Waals surface area (Å²) in [4.78, 5) is 25.4. The lowest BCUT2D eigenvalue weighted by Crippen LogP contribution is -2.49. The zero-order valence-corrected chi connectivity index (χ0v) is 9.66. The number of nitrogens with zero attached hydrogens (tertiary/aromatic N) is 1. The van der Waals surface area contributed by atoms with Gasteiger partial charge in [0.25, 0.3) is 5.91 Å². The van der Waals surface area contributed by atoms with Crippen LogP contribution in [0.4, 0.5) is 4.79 Å². The van der Waals surface area contributed by atoms with E-state index in [1.54, 1.807) is 6.92 Å². The number of rotatable bonds is 2. The molecule has 0 aromatic carbocycles. The zero-order valence-electron chi connectivity index (χ0n) is 9.66. The van der Waals surface area contributed by atoms with E-state index in [2.05, 4.69) is 5.32 Å². The smallest absolute Gasteiger partial charge is 0.325 e. The summed E-state index contributed by atoms with van der Waals surface area (Å²) in [5, 5.41) is 2.87. The van der Waals surface area contributed by atoms with Crippen molar-refractivity contribution in [3.63, 3.8) is 0 Å². The van der Waals surface area contributed by atoms with Crippen LogP contribution in [0.3, 0.4) is 0 Å². The quantitative estimate of drug-likeness (QED) is 0.675. The molecule has 5 nitrogen and oxygen atoms in total. The minimum atomic E-state index is -0.612. The van der Waals surface area contributed by atoms with E-state index in [-0.39, 0.29) is 18.0 Å². The highest BCUT2D eigenvalue weighted by Crippen LogP contribution is 2.34. The van der Waals surface area contributed by atoms with Crippen LogP contribution in [0.5, 0.6) is 0 Å². The van der Waals surface area contributed by atoms with E-state index in [1.807, 2.05) is 0 Å². The molecule has 2 aliphatic rings. The van der Waals surface area contributed by atoms with Crippen molar-refractivity contribution in [3.05, 3.63) is 0 Å². The van der Waals surface area contributed by atoms with Crippen LogP contribution in [0, 0.1) is 0 Å². The number of hydrogen-bond donors (Lipinski definition) is 2. The Labute approximate surface area is 95.3 Å². The van der Waals surface area contributed by atoms with Crippen LogP contribution < -0.4 is 11.1 Å². The summed E-state index contributed by atoms with van der Waals surface area (Å²) in [6.07, 6.45) is 4.71. The van der Waals surface area contributed by atoms with Gasteiger partial charge < -0.3 is 11.1 Å². The molecule has 2 rings (SSSR count). The summed E-state index contributed by atoms with van der Waals surface area (Å²) in [5.74, 6) is -0.0739. The fourth-order valence-corrected chi connectivity index (χ4v) is 2.64. The van der Waals surface area contributed by atoms with Crippen molar-refractivity contribution in [1.82, 2.24) is 10.2 Å². The summed E-state index contributed by atoms with van der Waals surface area (Å²) in [7, 11) is 0. The second-order valence-electron chi connectivity index (χ2n) is 4.83. The molecular formula is C11H19N3O2. The van der Waals surface area contributed by atoms with Crippen LogP contribution in [0.25, 0.3) is 0 Å². The molecule has 0 aromatic heterocycles. The Morgan fingerprint density at radius 2 is 2.00 bits per heavy atom. The van der Waals surface area contributed by atoms with Crippen molar-refractivity contribution in [2.45, 2.75) is 50.6 Å². The van der Waals surface area contributed by atoms with E-state index in [9.17, 15) is 9.59 Å². The number of hydrogen-bond acceptors (Lipinski definition) is 3. The van der Waals surface area contributed by atoms with Crippen molar-refractivity contribution in [1.29, 1.82) is 0 Å². The molecule has 0 aromatic rings. The van der Waals surface area contributed by atoms with Crippen molar-refractivity contribution in [2.24, 2.45) is 5.73 Å². The van der Waals surface area contributed by atoms with Gasteiger partial charge in [0, 0.05) is 6.54 Å². The second-order valence-corrected chi connectivity index (χ2v) is 4.83. The first-order valence-electron chi connectivity index (χ1n) is 5.96. The molecule has 1 aliphatic heterocycles. The van der Waals surface area contributed by atoms with Crippen LogP contribution in [-0.4, -0.2) is 35.0 Å². The SMILES string of the molecule is CC(CN)N1C(=O)NC2(CCCCC2)C1=O. The van der Waals surface area contributed by atoms with Crippen molar-refractivity contribution < 1.29 is 9.59 Å². The predicted octanol–water partition coefficient (Wildman–Crippen LogP) is 0.588. The number of amides is 3. The third-order valence-corrected chi connectivity index (χ3v) is 3.68. The second kappa shape index (κ2) is 4.05. The maximum Gasteiger partial charge on any atom is 0.325 e. The Bertz CT molecular complexity index is 310. The Balaban J connectivity index is 2.20. The highest BCUT2D eigenvalue weighted by atomic mass is 16.2. The van der Waals surface area contributed by atoms with Gasteiger partial charge in [-0.1, -0.05) is 19.3 Å². The fourth-order valence-electron chi connectivity index (χ4n) is 2.64. The van der Waals surface area contributed by atoms with Crippen LogP contribution >= 0.6 is 0 Å². The van der Waals surface area contributed by atoms with Gasteiger partial charge in [0.05, 0.1) is 6.04 Å². The van der Waals surface area contributed by atoms with Gasteiger partial charge in [-0.3, -0.25) is 9.69 Å². The number of nitrogens with one attached hydrogen (secondary N) is 1. The minimum Gasteiger partial charge on any atom is -0.328 e. The monoisotopic (exact) mass is 225 g/mol. The van der Waals surface area contributed by atoms with E-state index >= 15 is 0 Å². The number of imide groups is 1. The Hall–Kier alpha value is -1.10. The van der Waals surface area contributed by atoms with Gasteiger partial charge in [-0.05, 0) is 19.8 Å². The van der Waals surface area contributed by atoms with E-state index in [1.165, 1.54) is 4.90 Å². The summed E-state index contributed by atoms with van der Waals surface area (Å²) < 4.78 is 0. The first kappa shape index (κ1) is 11.4. The first-order chi connectivity index (χ1) is 7.60. The van der Waals surface area contributed by atoms with Gasteiger partial charge in [0.15, 0.2) is 0 Å². The van der Waals surface area contributed by atoms with E-state index < -0.39 is 5.54 Å². The molecule has 2 fully saturated rings. The van der Waals surface area contributed by atoms with Crippen molar-refractivity contribution in [2.75, 3.05) is 6.54 Å². The molecule has 1 spiro atoms. The van der Waals surface area contributed by atoms with Crippen molar-refractivity contribution in [3.8, 4) is 0 Å². The molecule has 16 heavy (non-hydrogen) atoms. The number of carbonyl (C=O) groups excluding carboxylic acids is 2. The van der Waals surface area contributed by atoms with Gasteiger partial charge in [-0.25, -0.2) is 4.79 Å². The van der Waals surface area contributed by atoms with E-state index in [0.29, 0.717) is 6.54 Å². The number of urea groups is 1. The molecule has 1 unspecified atom stereocenters. The van der Waals surface area contributed by atoms with Gasteiger partial charge in [0.2, 0.25) is 0 Å². The Morgan fingerprint density at radius 3 is 2.56 bits per heavy atom. The molecule has 1 saturated heterocycles. The molecule has 90 valence electrons. The average molecular weight is 225 g/mol. The van der Waals surface area contributed by atoms with Crippen LogP contribution in [0.15, 0.2) is 0 Å². The Morgan fingerprint density at radius 1 is 1.38 bits per heavy atom. The van der Waals surface area contributed by atoms with E-state index in [4.69, 9.17) is 5.73 Å². The zero-order chi connectivity index (χ0) is 11.8. The molecule has 0 bridgehead atoms. The van der Waals surface area contributed by atoms with Gasteiger partial charge >= 0.3 is 6.03 Å². The predicted molar refractivity (Wildman–Crippen MR) is 59.7 cm³/mol. The minimum absolute atomic E-state index is 0.0739. The standard InChI is InChI=1S/C11H19N3O2/c1-8(7-12)14-9(15)11(13-10(14)16)5-3-2-4-6-11/h8H,2-7,12H2,1H3,(H,13,16). The third kappa shape index (κ3) is 1.59. The van der Waals surface area contributed by atoms with Gasteiger partial charge in [0.1, 0.15) is 5.54 Å². The molecule has 1 heterocycles. The third-order valence-electron chi connectivity index (χ3n) is 3.68. The highest BCUT2D eigenvalue weighted by molar-refractivity contribution is 6.07. The molecular weight excluding hydrogens is 206 g/mol. The van der Waals surface area contributed by atoms with Crippen LogP contribution in [0.2, 0.25) is 0 Å². The molecule has 1 aliphatic carbocycles. The molecule has 0 radical (unpaired) electrons. The Kier molecular flexibility index (Phi) is 2.88. The summed E-state index contributed by atoms with van der Waals surface area (Å²) in [5.41, 5.74) is 4.91. The largest absolute Gasteiger partial charge is 0.328 e. The first-order valence-corrected chi connectivity index (χ1v) is 5.96. The lowest BCUT2D eigenvalue weighted by molar-refractivity contribution is -0.133. The lowest BCUT2D eigenvalue weighted by atomic mass is 9.81. The highest BCUT2D eigenvalue weighted by Gasteiger charge is 2.52. The van der Waals surface area contributed by atoms with Crippen LogP contribution in [-0.2, 0) is 4.79 Å². The van der Waals surface area contributed by atoms with E-state index in [0.717, 1.165) is 32.1 Å². The number of carbonyl (C=O) groups is 2. The summed E-state index contributed by atoms with van der Waals surface area (Å²) in [6.45, 7) is 2.12. The number of nitrogens with two attached hydrogens (primary N) is 1. The normalized spacial score (nSPS) is 26.0. The molecule has 1 atom stereocenters. The van der Waals surface area contributed by atoms with Gasteiger partial charge in [-0.15, -0.1) is 0 Å². The fraction of sp³-hybridized carbons (Fsp3) is 0.818. The molecule has 5 heteroatoms. The van der Waals surface area contributed by atoms with Crippen LogP contribution in [0.1, 0.15) is 39.0 Å².